The third kappa shape index (κ3) is 2.58. The monoisotopic (exact) mass is 233 g/mol. The van der Waals surface area contributed by atoms with E-state index < -0.39 is 0 Å². The lowest BCUT2D eigenvalue weighted by atomic mass is 9.95. The lowest BCUT2D eigenvalue weighted by Gasteiger charge is -2.35. The van der Waals surface area contributed by atoms with Crippen LogP contribution in [0.3, 0.4) is 0 Å². The number of β-amino-alcohol motifs (C(OH)–C–C–N with tert-alkyl or cyclic N) is 1. The van der Waals surface area contributed by atoms with Crippen LogP contribution in [0.1, 0.15) is 18.9 Å². The van der Waals surface area contributed by atoms with Gasteiger partial charge in [-0.05, 0) is 36.6 Å². The summed E-state index contributed by atoms with van der Waals surface area (Å²) in [6, 6.07) is 7.61. The molecule has 1 heterocycles. The van der Waals surface area contributed by atoms with E-state index in [1.54, 1.807) is 0 Å². The van der Waals surface area contributed by atoms with Gasteiger partial charge in [0.2, 0.25) is 0 Å². The minimum atomic E-state index is -0.253. The van der Waals surface area contributed by atoms with Gasteiger partial charge in [0.1, 0.15) is 5.84 Å². The number of benzene rings is 1. The van der Waals surface area contributed by atoms with Crippen molar-refractivity contribution in [2.24, 2.45) is 11.7 Å². The van der Waals surface area contributed by atoms with Crippen LogP contribution in [-0.4, -0.2) is 30.1 Å². The number of piperidine rings is 1. The number of anilines is 1. The van der Waals surface area contributed by atoms with Gasteiger partial charge in [0.15, 0.2) is 0 Å². The summed E-state index contributed by atoms with van der Waals surface area (Å²) in [6.45, 7) is 3.74. The zero-order chi connectivity index (χ0) is 12.4. The van der Waals surface area contributed by atoms with Crippen LogP contribution in [0.25, 0.3) is 0 Å². The molecule has 4 nitrogen and oxygen atoms in total. The number of hydrogen-bond donors (Lipinski definition) is 3. The Kier molecular flexibility index (Phi) is 3.33. The summed E-state index contributed by atoms with van der Waals surface area (Å²) in [5.74, 6) is 0.464. The van der Waals surface area contributed by atoms with Crippen molar-refractivity contribution in [3.05, 3.63) is 29.8 Å². The van der Waals surface area contributed by atoms with E-state index in [-0.39, 0.29) is 11.9 Å². The van der Waals surface area contributed by atoms with E-state index in [2.05, 4.69) is 11.8 Å². The Morgan fingerprint density at radius 2 is 2.06 bits per heavy atom. The fourth-order valence-electron chi connectivity index (χ4n) is 2.14. The molecule has 0 saturated carbocycles. The van der Waals surface area contributed by atoms with Crippen molar-refractivity contribution in [3.8, 4) is 0 Å². The molecular formula is C13H19N3O. The number of nitrogen functional groups attached to an aromatic ring is 1. The van der Waals surface area contributed by atoms with Crippen LogP contribution in [0.15, 0.2) is 24.3 Å². The summed E-state index contributed by atoms with van der Waals surface area (Å²) in [6.07, 6.45) is 0.756. The molecule has 92 valence electrons. The van der Waals surface area contributed by atoms with E-state index in [9.17, 15) is 5.11 Å². The number of aliphatic hydroxyl groups is 1. The molecule has 1 aromatic rings. The minimum Gasteiger partial charge on any atom is -0.391 e. The first-order chi connectivity index (χ1) is 8.08. The third-order valence-corrected chi connectivity index (χ3v) is 3.46. The highest BCUT2D eigenvalue weighted by Gasteiger charge is 2.24. The van der Waals surface area contributed by atoms with Gasteiger partial charge in [-0.2, -0.15) is 0 Å². The van der Waals surface area contributed by atoms with E-state index >= 15 is 0 Å². The second kappa shape index (κ2) is 4.75. The number of nitrogens with two attached hydrogens (primary N) is 1. The molecule has 0 radical (unpaired) electrons. The van der Waals surface area contributed by atoms with E-state index in [0.29, 0.717) is 12.5 Å². The normalized spacial score (nSPS) is 24.7. The largest absolute Gasteiger partial charge is 0.391 e. The predicted octanol–water partition coefficient (Wildman–Crippen LogP) is 1.18. The van der Waals surface area contributed by atoms with Gasteiger partial charge in [-0.15, -0.1) is 0 Å². The van der Waals surface area contributed by atoms with Gasteiger partial charge in [0.25, 0.3) is 0 Å². The quantitative estimate of drug-likeness (QED) is 0.530. The Morgan fingerprint density at radius 1 is 1.41 bits per heavy atom. The number of aliphatic hydroxyl groups excluding tert-OH is 1. The maximum absolute atomic E-state index is 9.86. The second-order valence-electron chi connectivity index (χ2n) is 4.74. The number of rotatable bonds is 2. The number of nitrogens with zero attached hydrogens (tertiary/aromatic N) is 1. The van der Waals surface area contributed by atoms with Crippen LogP contribution in [0.5, 0.6) is 0 Å². The Hall–Kier alpha value is -1.55. The zero-order valence-corrected chi connectivity index (χ0v) is 10.1. The molecule has 1 aliphatic heterocycles. The van der Waals surface area contributed by atoms with Crippen molar-refractivity contribution >= 4 is 11.5 Å². The van der Waals surface area contributed by atoms with Gasteiger partial charge in [-0.25, -0.2) is 0 Å². The van der Waals surface area contributed by atoms with Crippen LogP contribution in [0, 0.1) is 11.3 Å². The topological polar surface area (TPSA) is 73.3 Å². The maximum Gasteiger partial charge on any atom is 0.122 e. The summed E-state index contributed by atoms with van der Waals surface area (Å²) in [7, 11) is 0. The molecule has 0 aliphatic carbocycles. The molecular weight excluding hydrogens is 214 g/mol. The highest BCUT2D eigenvalue weighted by atomic mass is 16.3. The highest BCUT2D eigenvalue weighted by molar-refractivity contribution is 5.95. The Balaban J connectivity index is 2.10. The highest BCUT2D eigenvalue weighted by Crippen LogP contribution is 2.23. The summed E-state index contributed by atoms with van der Waals surface area (Å²) >= 11 is 0. The van der Waals surface area contributed by atoms with Crippen molar-refractivity contribution in [3.63, 3.8) is 0 Å². The Morgan fingerprint density at radius 3 is 2.59 bits per heavy atom. The molecule has 2 rings (SSSR count). The Bertz CT molecular complexity index is 402. The molecule has 0 amide bonds. The van der Waals surface area contributed by atoms with Gasteiger partial charge in [-0.1, -0.05) is 6.92 Å². The summed E-state index contributed by atoms with van der Waals surface area (Å²) in [5, 5.41) is 17.2. The van der Waals surface area contributed by atoms with Gasteiger partial charge in [0, 0.05) is 24.3 Å². The summed E-state index contributed by atoms with van der Waals surface area (Å²) in [5.41, 5.74) is 7.23. The van der Waals surface area contributed by atoms with Gasteiger partial charge >= 0.3 is 0 Å². The molecule has 0 aromatic heterocycles. The predicted molar refractivity (Wildman–Crippen MR) is 69.5 cm³/mol. The van der Waals surface area contributed by atoms with E-state index in [1.165, 1.54) is 0 Å². The fraction of sp³-hybridized carbons (Fsp3) is 0.462. The number of hydrogen-bond acceptors (Lipinski definition) is 3. The first kappa shape index (κ1) is 11.9. The number of nitrogens with one attached hydrogen (secondary N) is 1. The van der Waals surface area contributed by atoms with Crippen molar-refractivity contribution < 1.29 is 5.11 Å². The lowest BCUT2D eigenvalue weighted by molar-refractivity contribution is 0.103. The first-order valence-electron chi connectivity index (χ1n) is 5.95. The molecule has 1 fully saturated rings. The second-order valence-corrected chi connectivity index (χ2v) is 4.74. The molecule has 17 heavy (non-hydrogen) atoms. The van der Waals surface area contributed by atoms with E-state index in [0.717, 1.165) is 24.2 Å². The standard InChI is InChI=1S/C13H19N3O/c1-9-6-7-16(8-12(9)17)11-4-2-10(3-5-11)13(14)15/h2-5,9,12,17H,6-8H2,1H3,(H3,14,15). The molecule has 4 heteroatoms. The van der Waals surface area contributed by atoms with Gasteiger partial charge in [0.05, 0.1) is 6.10 Å². The van der Waals surface area contributed by atoms with Gasteiger partial charge < -0.3 is 15.7 Å². The SMILES string of the molecule is CC1CCN(c2ccc(C(=N)N)cc2)CC1O. The molecule has 4 N–H and O–H groups in total. The van der Waals surface area contributed by atoms with Crippen LogP contribution < -0.4 is 10.6 Å². The molecule has 2 unspecified atom stereocenters. The van der Waals surface area contributed by atoms with Crippen LogP contribution >= 0.6 is 0 Å². The van der Waals surface area contributed by atoms with Crippen LogP contribution in [0.2, 0.25) is 0 Å². The number of amidine groups is 1. The van der Waals surface area contributed by atoms with Crippen molar-refractivity contribution in [1.29, 1.82) is 5.41 Å². The van der Waals surface area contributed by atoms with Crippen molar-refractivity contribution in [1.82, 2.24) is 0 Å². The van der Waals surface area contributed by atoms with Crippen molar-refractivity contribution in [2.75, 3.05) is 18.0 Å². The molecule has 0 bridgehead atoms. The van der Waals surface area contributed by atoms with Crippen LogP contribution in [-0.2, 0) is 0 Å². The zero-order valence-electron chi connectivity index (χ0n) is 10.1. The molecule has 1 saturated heterocycles. The molecule has 2 atom stereocenters. The molecule has 1 aliphatic rings. The maximum atomic E-state index is 9.86. The summed E-state index contributed by atoms with van der Waals surface area (Å²) < 4.78 is 0. The first-order valence-corrected chi connectivity index (χ1v) is 5.95. The average Bonchev–Trinajstić information content (AvgIpc) is 2.33. The Labute approximate surface area is 102 Å². The molecule has 0 spiro atoms. The van der Waals surface area contributed by atoms with Gasteiger partial charge in [-0.3, -0.25) is 5.41 Å². The average molecular weight is 233 g/mol. The molecule has 1 aromatic carbocycles. The van der Waals surface area contributed by atoms with Crippen LogP contribution in [0.4, 0.5) is 5.69 Å². The third-order valence-electron chi connectivity index (χ3n) is 3.46. The van der Waals surface area contributed by atoms with E-state index in [4.69, 9.17) is 11.1 Å². The smallest absolute Gasteiger partial charge is 0.122 e. The van der Waals surface area contributed by atoms with Crippen molar-refractivity contribution in [2.45, 2.75) is 19.4 Å². The van der Waals surface area contributed by atoms with E-state index in [1.807, 2.05) is 24.3 Å². The minimum absolute atomic E-state index is 0.0869. The fourth-order valence-corrected chi connectivity index (χ4v) is 2.14. The summed E-state index contributed by atoms with van der Waals surface area (Å²) in [4.78, 5) is 2.18. The lowest BCUT2D eigenvalue weighted by Crippen LogP contribution is -2.42.